The van der Waals surface area contributed by atoms with Gasteiger partial charge >= 0.3 is 0 Å². The first-order chi connectivity index (χ1) is 9.90. The number of nitrogens with one attached hydrogen (secondary N) is 1. The summed E-state index contributed by atoms with van der Waals surface area (Å²) in [7, 11) is 0. The van der Waals surface area contributed by atoms with E-state index in [0.29, 0.717) is 0 Å². The Balaban J connectivity index is 1.71. The Morgan fingerprint density at radius 3 is 2.85 bits per heavy atom. The van der Waals surface area contributed by atoms with Crippen LogP contribution in [0.25, 0.3) is 0 Å². The van der Waals surface area contributed by atoms with Crippen LogP contribution in [-0.2, 0) is 6.42 Å². The maximum absolute atomic E-state index is 3.60. The van der Waals surface area contributed by atoms with Crippen molar-refractivity contribution in [3.05, 3.63) is 35.9 Å². The summed E-state index contributed by atoms with van der Waals surface area (Å²) in [6.07, 6.45) is 7.91. The highest BCUT2D eigenvalue weighted by atomic mass is 15.2. The largest absolute Gasteiger partial charge is 0.315 e. The summed E-state index contributed by atoms with van der Waals surface area (Å²) < 4.78 is 0. The second-order valence-electron chi connectivity index (χ2n) is 5.98. The fourth-order valence-electron chi connectivity index (χ4n) is 3.16. The lowest BCUT2D eigenvalue weighted by atomic mass is 10.0. The van der Waals surface area contributed by atoms with Crippen LogP contribution in [0.5, 0.6) is 0 Å². The number of nitrogens with zero attached hydrogens (tertiary/aromatic N) is 1. The van der Waals surface area contributed by atoms with Gasteiger partial charge in [0.25, 0.3) is 0 Å². The van der Waals surface area contributed by atoms with Crippen LogP contribution in [0.2, 0.25) is 0 Å². The number of benzene rings is 1. The molecule has 0 amide bonds. The maximum atomic E-state index is 3.60. The van der Waals surface area contributed by atoms with Crippen molar-refractivity contribution < 1.29 is 0 Å². The second-order valence-corrected chi connectivity index (χ2v) is 5.98. The van der Waals surface area contributed by atoms with Crippen molar-refractivity contribution in [3.63, 3.8) is 0 Å². The zero-order chi connectivity index (χ0) is 14.0. The summed E-state index contributed by atoms with van der Waals surface area (Å²) in [4.78, 5) is 2.72. The monoisotopic (exact) mass is 274 g/mol. The summed E-state index contributed by atoms with van der Waals surface area (Å²) in [6, 6.07) is 11.7. The lowest BCUT2D eigenvalue weighted by Crippen LogP contribution is -2.46. The van der Waals surface area contributed by atoms with E-state index in [1.807, 2.05) is 0 Å². The Hall–Kier alpha value is -0.860. The Morgan fingerprint density at radius 2 is 2.05 bits per heavy atom. The first-order valence-corrected chi connectivity index (χ1v) is 8.39. The van der Waals surface area contributed by atoms with Crippen LogP contribution in [-0.4, -0.2) is 37.1 Å². The molecule has 2 rings (SSSR count). The van der Waals surface area contributed by atoms with Crippen molar-refractivity contribution in [2.75, 3.05) is 26.2 Å². The number of hydrogen-bond donors (Lipinski definition) is 1. The first-order valence-electron chi connectivity index (χ1n) is 8.39. The van der Waals surface area contributed by atoms with Crippen LogP contribution in [0.4, 0.5) is 0 Å². The number of rotatable bonds is 8. The molecule has 1 aliphatic heterocycles. The van der Waals surface area contributed by atoms with Crippen molar-refractivity contribution in [3.8, 4) is 0 Å². The van der Waals surface area contributed by atoms with Gasteiger partial charge in [0.1, 0.15) is 0 Å². The Kier molecular flexibility index (Phi) is 7.10. The molecule has 20 heavy (non-hydrogen) atoms. The van der Waals surface area contributed by atoms with Gasteiger partial charge in [-0.3, -0.25) is 4.90 Å². The van der Waals surface area contributed by atoms with Gasteiger partial charge in [-0.05, 0) is 57.3 Å². The molecule has 2 nitrogen and oxygen atoms in total. The van der Waals surface area contributed by atoms with E-state index in [1.54, 1.807) is 0 Å². The van der Waals surface area contributed by atoms with E-state index in [9.17, 15) is 0 Å². The molecular formula is C18H30N2. The molecule has 1 fully saturated rings. The van der Waals surface area contributed by atoms with E-state index in [4.69, 9.17) is 0 Å². The molecule has 112 valence electrons. The van der Waals surface area contributed by atoms with Crippen molar-refractivity contribution in [2.24, 2.45) is 0 Å². The van der Waals surface area contributed by atoms with Crippen molar-refractivity contribution in [1.29, 1.82) is 0 Å². The Bertz CT molecular complexity index is 350. The SMILES string of the molecule is CCCNCC1CCCCN1CCCc1ccccc1. The molecule has 1 aromatic rings. The van der Waals surface area contributed by atoms with Crippen molar-refractivity contribution in [1.82, 2.24) is 10.2 Å². The van der Waals surface area contributed by atoms with Gasteiger partial charge in [-0.15, -0.1) is 0 Å². The van der Waals surface area contributed by atoms with Gasteiger partial charge in [0.2, 0.25) is 0 Å². The highest BCUT2D eigenvalue weighted by molar-refractivity contribution is 5.14. The first kappa shape index (κ1) is 15.5. The standard InChI is InChI=1S/C18H30N2/c1-2-13-19-16-18-12-6-7-14-20(18)15-8-11-17-9-4-3-5-10-17/h3-5,9-10,18-19H,2,6-8,11-16H2,1H3. The number of piperidine rings is 1. The molecule has 1 heterocycles. The normalized spacial score (nSPS) is 20.1. The minimum atomic E-state index is 0.770. The average Bonchev–Trinajstić information content (AvgIpc) is 2.50. The summed E-state index contributed by atoms with van der Waals surface area (Å²) in [5, 5.41) is 3.60. The van der Waals surface area contributed by atoms with Crippen LogP contribution in [0, 0.1) is 0 Å². The predicted octanol–water partition coefficient (Wildman–Crippen LogP) is 3.47. The van der Waals surface area contributed by atoms with Gasteiger partial charge in [0.05, 0.1) is 0 Å². The van der Waals surface area contributed by atoms with Crippen LogP contribution in [0.1, 0.15) is 44.6 Å². The fourth-order valence-corrected chi connectivity index (χ4v) is 3.16. The molecule has 1 aromatic carbocycles. The molecule has 0 radical (unpaired) electrons. The van der Waals surface area contributed by atoms with Gasteiger partial charge in [0.15, 0.2) is 0 Å². The maximum Gasteiger partial charge on any atom is 0.0220 e. The van der Waals surface area contributed by atoms with E-state index < -0.39 is 0 Å². The molecule has 0 saturated carbocycles. The minimum Gasteiger partial charge on any atom is -0.315 e. The lowest BCUT2D eigenvalue weighted by Gasteiger charge is -2.36. The van der Waals surface area contributed by atoms with E-state index in [2.05, 4.69) is 47.5 Å². The summed E-state index contributed by atoms with van der Waals surface area (Å²) in [5.74, 6) is 0. The summed E-state index contributed by atoms with van der Waals surface area (Å²) in [5.41, 5.74) is 1.48. The van der Waals surface area contributed by atoms with E-state index in [-0.39, 0.29) is 0 Å². The smallest absolute Gasteiger partial charge is 0.0220 e. The van der Waals surface area contributed by atoms with E-state index >= 15 is 0 Å². The van der Waals surface area contributed by atoms with Crippen molar-refractivity contribution >= 4 is 0 Å². The number of likely N-dealkylation sites (tertiary alicyclic amines) is 1. The fraction of sp³-hybridized carbons (Fsp3) is 0.667. The molecule has 1 atom stereocenters. The lowest BCUT2D eigenvalue weighted by molar-refractivity contribution is 0.144. The third-order valence-electron chi connectivity index (χ3n) is 4.31. The second kappa shape index (κ2) is 9.15. The quantitative estimate of drug-likeness (QED) is 0.730. The zero-order valence-electron chi connectivity index (χ0n) is 13.0. The molecule has 0 aromatic heterocycles. The number of aryl methyl sites for hydroxylation is 1. The molecule has 0 aliphatic carbocycles. The van der Waals surface area contributed by atoms with Crippen molar-refractivity contribution in [2.45, 2.75) is 51.5 Å². The number of hydrogen-bond acceptors (Lipinski definition) is 2. The minimum absolute atomic E-state index is 0.770. The molecular weight excluding hydrogens is 244 g/mol. The molecule has 1 aliphatic rings. The molecule has 0 spiro atoms. The third-order valence-corrected chi connectivity index (χ3v) is 4.31. The highest BCUT2D eigenvalue weighted by Gasteiger charge is 2.21. The van der Waals surface area contributed by atoms with Crippen LogP contribution < -0.4 is 5.32 Å². The van der Waals surface area contributed by atoms with Crippen LogP contribution in [0.3, 0.4) is 0 Å². The zero-order valence-corrected chi connectivity index (χ0v) is 13.0. The predicted molar refractivity (Wildman–Crippen MR) is 87.1 cm³/mol. The Labute approximate surface area is 124 Å². The molecule has 2 heteroatoms. The highest BCUT2D eigenvalue weighted by Crippen LogP contribution is 2.17. The van der Waals surface area contributed by atoms with Gasteiger partial charge < -0.3 is 5.32 Å². The molecule has 0 bridgehead atoms. The third kappa shape index (κ3) is 5.26. The summed E-state index contributed by atoms with van der Waals surface area (Å²) in [6.45, 7) is 7.14. The average molecular weight is 274 g/mol. The van der Waals surface area contributed by atoms with Crippen LogP contribution >= 0.6 is 0 Å². The topological polar surface area (TPSA) is 15.3 Å². The van der Waals surface area contributed by atoms with Crippen LogP contribution in [0.15, 0.2) is 30.3 Å². The van der Waals surface area contributed by atoms with Gasteiger partial charge in [0, 0.05) is 12.6 Å². The van der Waals surface area contributed by atoms with Gasteiger partial charge in [-0.2, -0.15) is 0 Å². The molecule has 1 saturated heterocycles. The van der Waals surface area contributed by atoms with Gasteiger partial charge in [-0.1, -0.05) is 43.7 Å². The van der Waals surface area contributed by atoms with E-state index in [0.717, 1.165) is 12.6 Å². The van der Waals surface area contributed by atoms with E-state index in [1.165, 1.54) is 63.7 Å². The molecule has 1 N–H and O–H groups in total. The Morgan fingerprint density at radius 1 is 1.20 bits per heavy atom. The van der Waals surface area contributed by atoms with Gasteiger partial charge in [-0.25, -0.2) is 0 Å². The molecule has 1 unspecified atom stereocenters. The summed E-state index contributed by atoms with van der Waals surface area (Å²) >= 11 is 0.